The second kappa shape index (κ2) is 5.98. The molecule has 0 spiro atoms. The van der Waals surface area contributed by atoms with Crippen LogP contribution < -0.4 is 10.5 Å². The summed E-state index contributed by atoms with van der Waals surface area (Å²) in [6, 6.07) is 3.57. The van der Waals surface area contributed by atoms with Crippen LogP contribution in [0.25, 0.3) is 0 Å². The van der Waals surface area contributed by atoms with Crippen molar-refractivity contribution in [1.82, 2.24) is 0 Å². The van der Waals surface area contributed by atoms with Gasteiger partial charge in [-0.15, -0.1) is 0 Å². The number of ketones is 1. The number of Topliss-reactive ketones (excluding diaryl/α,β-unsaturated/α-hetero) is 1. The molecule has 0 saturated carbocycles. The standard InChI is InChI=1S/C11H14BrNO3/c1-15-6-7-3-8(12)4-10(16-2)11(7)9(14)5-13/h3-4H,5-6,13H2,1-2H3. The Hall–Kier alpha value is -0.910. The molecule has 0 amide bonds. The van der Waals surface area contributed by atoms with Crippen LogP contribution >= 0.6 is 15.9 Å². The van der Waals surface area contributed by atoms with Gasteiger partial charge in [0.05, 0.1) is 25.8 Å². The Morgan fingerprint density at radius 2 is 2.12 bits per heavy atom. The molecule has 0 saturated heterocycles. The number of methoxy groups -OCH3 is 2. The van der Waals surface area contributed by atoms with Gasteiger partial charge in [-0.3, -0.25) is 4.79 Å². The lowest BCUT2D eigenvalue weighted by Gasteiger charge is -2.12. The number of hydrogen-bond acceptors (Lipinski definition) is 4. The Kier molecular flexibility index (Phi) is 4.92. The molecule has 0 radical (unpaired) electrons. The molecule has 0 aliphatic carbocycles. The van der Waals surface area contributed by atoms with Crippen molar-refractivity contribution in [2.24, 2.45) is 5.73 Å². The van der Waals surface area contributed by atoms with Gasteiger partial charge in [0.25, 0.3) is 0 Å². The Morgan fingerprint density at radius 1 is 1.44 bits per heavy atom. The van der Waals surface area contributed by atoms with Crippen LogP contribution in [-0.4, -0.2) is 26.5 Å². The Balaban J connectivity index is 3.32. The maximum absolute atomic E-state index is 11.7. The molecule has 1 rings (SSSR count). The van der Waals surface area contributed by atoms with Crippen LogP contribution in [-0.2, 0) is 11.3 Å². The summed E-state index contributed by atoms with van der Waals surface area (Å²) in [6.07, 6.45) is 0. The third-order valence-corrected chi connectivity index (χ3v) is 2.59. The first kappa shape index (κ1) is 13.2. The van der Waals surface area contributed by atoms with E-state index in [1.807, 2.05) is 6.07 Å². The number of nitrogens with two attached hydrogens (primary N) is 1. The first-order chi connectivity index (χ1) is 7.63. The highest BCUT2D eigenvalue weighted by Gasteiger charge is 2.17. The quantitative estimate of drug-likeness (QED) is 0.838. The number of ether oxygens (including phenoxy) is 2. The number of hydrogen-bond donors (Lipinski definition) is 1. The van der Waals surface area contributed by atoms with Crippen LogP contribution in [0.5, 0.6) is 5.75 Å². The molecule has 0 aliphatic rings. The van der Waals surface area contributed by atoms with E-state index in [1.54, 1.807) is 13.2 Å². The van der Waals surface area contributed by atoms with E-state index in [0.29, 0.717) is 17.9 Å². The molecule has 0 unspecified atom stereocenters. The van der Waals surface area contributed by atoms with Crippen molar-refractivity contribution in [2.45, 2.75) is 6.61 Å². The molecule has 1 aromatic rings. The van der Waals surface area contributed by atoms with Gasteiger partial charge < -0.3 is 15.2 Å². The molecule has 0 fully saturated rings. The summed E-state index contributed by atoms with van der Waals surface area (Å²) < 4.78 is 11.1. The van der Waals surface area contributed by atoms with Crippen molar-refractivity contribution in [1.29, 1.82) is 0 Å². The molecule has 0 aliphatic heterocycles. The molecule has 1 aromatic carbocycles. The van der Waals surface area contributed by atoms with Gasteiger partial charge in [-0.2, -0.15) is 0 Å². The normalized spacial score (nSPS) is 10.2. The number of carbonyl (C=O) groups is 1. The highest BCUT2D eigenvalue weighted by Crippen LogP contribution is 2.28. The fraction of sp³-hybridized carbons (Fsp3) is 0.364. The molecule has 0 bridgehead atoms. The highest BCUT2D eigenvalue weighted by molar-refractivity contribution is 9.10. The van der Waals surface area contributed by atoms with Crippen molar-refractivity contribution >= 4 is 21.7 Å². The minimum Gasteiger partial charge on any atom is -0.496 e. The number of benzene rings is 1. The van der Waals surface area contributed by atoms with E-state index >= 15 is 0 Å². The maximum Gasteiger partial charge on any atom is 0.180 e. The van der Waals surface area contributed by atoms with Crippen molar-refractivity contribution in [3.8, 4) is 5.75 Å². The molecule has 2 N–H and O–H groups in total. The predicted octanol–water partition coefficient (Wildman–Crippen LogP) is 1.75. The second-order valence-corrected chi connectivity index (χ2v) is 4.12. The van der Waals surface area contributed by atoms with Crippen LogP contribution in [0.2, 0.25) is 0 Å². The summed E-state index contributed by atoms with van der Waals surface area (Å²) in [6.45, 7) is 0.297. The van der Waals surface area contributed by atoms with E-state index in [4.69, 9.17) is 15.2 Å². The van der Waals surface area contributed by atoms with Crippen molar-refractivity contribution in [3.63, 3.8) is 0 Å². The molecule has 88 valence electrons. The van der Waals surface area contributed by atoms with Crippen molar-refractivity contribution in [2.75, 3.05) is 20.8 Å². The zero-order valence-corrected chi connectivity index (χ0v) is 10.8. The Morgan fingerprint density at radius 3 is 2.62 bits per heavy atom. The van der Waals surface area contributed by atoms with Gasteiger partial charge in [0, 0.05) is 11.6 Å². The molecule has 0 aromatic heterocycles. The van der Waals surface area contributed by atoms with E-state index in [-0.39, 0.29) is 12.3 Å². The summed E-state index contributed by atoms with van der Waals surface area (Å²) in [5.41, 5.74) is 6.64. The fourth-order valence-electron chi connectivity index (χ4n) is 1.48. The predicted molar refractivity (Wildman–Crippen MR) is 64.8 cm³/mol. The smallest absolute Gasteiger partial charge is 0.180 e. The molecule has 0 atom stereocenters. The minimum absolute atomic E-state index is 0.0469. The van der Waals surface area contributed by atoms with E-state index in [0.717, 1.165) is 10.0 Å². The summed E-state index contributed by atoms with van der Waals surface area (Å²) in [7, 11) is 3.09. The number of halogens is 1. The van der Waals surface area contributed by atoms with Crippen LogP contribution in [0.15, 0.2) is 16.6 Å². The van der Waals surface area contributed by atoms with Gasteiger partial charge in [0.1, 0.15) is 5.75 Å². The van der Waals surface area contributed by atoms with E-state index < -0.39 is 0 Å². The molecule has 5 heteroatoms. The summed E-state index contributed by atoms with van der Waals surface area (Å²) in [5.74, 6) is 0.355. The van der Waals surface area contributed by atoms with E-state index in [2.05, 4.69) is 15.9 Å². The third-order valence-electron chi connectivity index (χ3n) is 2.13. The highest BCUT2D eigenvalue weighted by atomic mass is 79.9. The van der Waals surface area contributed by atoms with Crippen LogP contribution in [0.1, 0.15) is 15.9 Å². The van der Waals surface area contributed by atoms with Crippen molar-refractivity contribution in [3.05, 3.63) is 27.7 Å². The first-order valence-corrected chi connectivity index (χ1v) is 5.52. The summed E-state index contributed by atoms with van der Waals surface area (Å²) >= 11 is 3.35. The average molecular weight is 288 g/mol. The molecule has 4 nitrogen and oxygen atoms in total. The molecular formula is C11H14BrNO3. The van der Waals surface area contributed by atoms with Gasteiger partial charge in [0.15, 0.2) is 5.78 Å². The number of rotatable bonds is 5. The molecule has 16 heavy (non-hydrogen) atoms. The van der Waals surface area contributed by atoms with Gasteiger partial charge in [-0.25, -0.2) is 0 Å². The monoisotopic (exact) mass is 287 g/mol. The second-order valence-electron chi connectivity index (χ2n) is 3.20. The van der Waals surface area contributed by atoms with Crippen molar-refractivity contribution < 1.29 is 14.3 Å². The topological polar surface area (TPSA) is 61.5 Å². The van der Waals surface area contributed by atoms with Gasteiger partial charge in [0.2, 0.25) is 0 Å². The lowest BCUT2D eigenvalue weighted by molar-refractivity contribution is 0.0993. The SMILES string of the molecule is COCc1cc(Br)cc(OC)c1C(=O)CN. The lowest BCUT2D eigenvalue weighted by Crippen LogP contribution is -2.17. The summed E-state index contributed by atoms with van der Waals surface area (Å²) in [4.78, 5) is 11.7. The minimum atomic E-state index is -0.156. The zero-order chi connectivity index (χ0) is 12.1. The van der Waals surface area contributed by atoms with Crippen LogP contribution in [0.3, 0.4) is 0 Å². The van der Waals surface area contributed by atoms with Crippen LogP contribution in [0, 0.1) is 0 Å². The first-order valence-electron chi connectivity index (χ1n) is 4.72. The third kappa shape index (κ3) is 2.81. The van der Waals surface area contributed by atoms with Gasteiger partial charge >= 0.3 is 0 Å². The molecular weight excluding hydrogens is 274 g/mol. The lowest BCUT2D eigenvalue weighted by atomic mass is 10.0. The van der Waals surface area contributed by atoms with Gasteiger partial charge in [-0.05, 0) is 17.7 Å². The zero-order valence-electron chi connectivity index (χ0n) is 9.25. The van der Waals surface area contributed by atoms with Crippen LogP contribution in [0.4, 0.5) is 0 Å². The molecule has 0 heterocycles. The Labute approximate surface area is 103 Å². The van der Waals surface area contributed by atoms with Gasteiger partial charge in [-0.1, -0.05) is 15.9 Å². The average Bonchev–Trinajstić information content (AvgIpc) is 2.27. The maximum atomic E-state index is 11.7. The summed E-state index contributed by atoms with van der Waals surface area (Å²) in [5, 5.41) is 0. The largest absolute Gasteiger partial charge is 0.496 e. The Bertz CT molecular complexity index is 393. The number of carbonyl (C=O) groups excluding carboxylic acids is 1. The van der Waals surface area contributed by atoms with E-state index in [1.165, 1.54) is 7.11 Å². The van der Waals surface area contributed by atoms with E-state index in [9.17, 15) is 4.79 Å². The fourth-order valence-corrected chi connectivity index (χ4v) is 1.97.